The molecule has 0 radical (unpaired) electrons. The Morgan fingerprint density at radius 3 is 2.33 bits per heavy atom. The summed E-state index contributed by atoms with van der Waals surface area (Å²) in [7, 11) is 3.17. The van der Waals surface area contributed by atoms with Crippen molar-refractivity contribution in [3.8, 4) is 11.5 Å². The van der Waals surface area contributed by atoms with Crippen LogP contribution in [0.1, 0.15) is 21.5 Å². The molecule has 0 aliphatic rings. The first-order valence-corrected chi connectivity index (χ1v) is 7.97. The minimum Gasteiger partial charge on any atom is -0.495 e. The minimum absolute atomic E-state index is 0.0745. The standard InChI is InChI=1S/C16H15BrCl2O2/c1-9-4-5-10(18)8-12(9)14(17)11-6-7-13(20-2)15(19)16(11)21-3/h4-8,14H,1-3H3. The second-order valence-electron chi connectivity index (χ2n) is 4.57. The highest BCUT2D eigenvalue weighted by atomic mass is 79.9. The van der Waals surface area contributed by atoms with Gasteiger partial charge in [-0.15, -0.1) is 0 Å². The van der Waals surface area contributed by atoms with Gasteiger partial charge >= 0.3 is 0 Å². The van der Waals surface area contributed by atoms with E-state index in [2.05, 4.69) is 15.9 Å². The molecule has 0 aliphatic heterocycles. The van der Waals surface area contributed by atoms with Gasteiger partial charge in [-0.1, -0.05) is 51.3 Å². The molecule has 0 aliphatic carbocycles. The lowest BCUT2D eigenvalue weighted by molar-refractivity contribution is 0.392. The molecule has 0 spiro atoms. The molecule has 0 N–H and O–H groups in total. The predicted octanol–water partition coefficient (Wildman–Crippen LogP) is 5.80. The molecule has 0 aromatic heterocycles. The fourth-order valence-electron chi connectivity index (χ4n) is 2.17. The topological polar surface area (TPSA) is 18.5 Å². The summed E-state index contributed by atoms with van der Waals surface area (Å²) in [6.07, 6.45) is 0. The molecule has 1 unspecified atom stereocenters. The molecule has 0 heterocycles. The van der Waals surface area contributed by atoms with Gasteiger partial charge < -0.3 is 9.47 Å². The number of halogens is 3. The second-order valence-corrected chi connectivity index (χ2v) is 6.30. The van der Waals surface area contributed by atoms with Crippen LogP contribution < -0.4 is 9.47 Å². The summed E-state index contributed by atoms with van der Waals surface area (Å²) in [6, 6.07) is 9.56. The van der Waals surface area contributed by atoms with E-state index in [1.54, 1.807) is 14.2 Å². The van der Waals surface area contributed by atoms with E-state index < -0.39 is 0 Å². The third-order valence-electron chi connectivity index (χ3n) is 3.30. The third-order valence-corrected chi connectivity index (χ3v) is 4.88. The van der Waals surface area contributed by atoms with Gasteiger partial charge in [0, 0.05) is 10.6 Å². The quantitative estimate of drug-likeness (QED) is 0.615. The monoisotopic (exact) mass is 388 g/mol. The van der Waals surface area contributed by atoms with Crippen LogP contribution in [-0.2, 0) is 0 Å². The van der Waals surface area contributed by atoms with Gasteiger partial charge in [0.2, 0.25) is 0 Å². The molecule has 21 heavy (non-hydrogen) atoms. The number of methoxy groups -OCH3 is 2. The fraction of sp³-hybridized carbons (Fsp3) is 0.250. The van der Waals surface area contributed by atoms with Crippen LogP contribution in [-0.4, -0.2) is 14.2 Å². The Morgan fingerprint density at radius 2 is 1.71 bits per heavy atom. The van der Waals surface area contributed by atoms with Crippen molar-refractivity contribution in [1.29, 1.82) is 0 Å². The van der Waals surface area contributed by atoms with Crippen LogP contribution in [0.5, 0.6) is 11.5 Å². The number of aryl methyl sites for hydroxylation is 1. The molecule has 0 fully saturated rings. The summed E-state index contributed by atoms with van der Waals surface area (Å²) in [5.41, 5.74) is 3.13. The molecule has 2 aromatic carbocycles. The van der Waals surface area contributed by atoms with E-state index in [4.69, 9.17) is 32.7 Å². The zero-order chi connectivity index (χ0) is 15.6. The zero-order valence-electron chi connectivity index (χ0n) is 11.9. The lowest BCUT2D eigenvalue weighted by atomic mass is 9.99. The Hall–Kier alpha value is -0.900. The van der Waals surface area contributed by atoms with Crippen LogP contribution in [0, 0.1) is 6.92 Å². The first kappa shape index (κ1) is 16.5. The number of ether oxygens (including phenoxy) is 2. The number of benzene rings is 2. The molecule has 2 aromatic rings. The second kappa shape index (κ2) is 6.91. The number of hydrogen-bond donors (Lipinski definition) is 0. The van der Waals surface area contributed by atoms with Crippen molar-refractivity contribution in [2.45, 2.75) is 11.8 Å². The van der Waals surface area contributed by atoms with Crippen molar-refractivity contribution in [3.05, 3.63) is 57.1 Å². The Labute approximate surface area is 143 Å². The molecule has 5 heteroatoms. The lowest BCUT2D eigenvalue weighted by Gasteiger charge is -2.19. The Morgan fingerprint density at radius 1 is 1.00 bits per heavy atom. The number of hydrogen-bond acceptors (Lipinski definition) is 2. The van der Waals surface area contributed by atoms with E-state index in [1.807, 2.05) is 37.3 Å². The normalized spacial score (nSPS) is 12.1. The SMILES string of the molecule is COc1ccc(C(Br)c2cc(Cl)ccc2C)c(OC)c1Cl. The Bertz CT molecular complexity index is 659. The van der Waals surface area contributed by atoms with Crippen molar-refractivity contribution < 1.29 is 9.47 Å². The van der Waals surface area contributed by atoms with Gasteiger partial charge in [-0.3, -0.25) is 0 Å². The van der Waals surface area contributed by atoms with Crippen LogP contribution in [0.4, 0.5) is 0 Å². The van der Waals surface area contributed by atoms with Gasteiger partial charge in [-0.2, -0.15) is 0 Å². The van der Waals surface area contributed by atoms with E-state index in [0.717, 1.165) is 16.7 Å². The van der Waals surface area contributed by atoms with Crippen molar-refractivity contribution in [1.82, 2.24) is 0 Å². The van der Waals surface area contributed by atoms with Gasteiger partial charge in [0.15, 0.2) is 0 Å². The Balaban J connectivity index is 2.55. The molecule has 0 bridgehead atoms. The molecule has 2 rings (SSSR count). The van der Waals surface area contributed by atoms with Crippen molar-refractivity contribution >= 4 is 39.1 Å². The van der Waals surface area contributed by atoms with E-state index in [0.29, 0.717) is 21.5 Å². The van der Waals surface area contributed by atoms with E-state index in [-0.39, 0.29) is 4.83 Å². The lowest BCUT2D eigenvalue weighted by Crippen LogP contribution is -2.01. The zero-order valence-corrected chi connectivity index (χ0v) is 15.0. The maximum atomic E-state index is 6.32. The summed E-state index contributed by atoms with van der Waals surface area (Å²) in [4.78, 5) is -0.0745. The van der Waals surface area contributed by atoms with E-state index in [9.17, 15) is 0 Å². The van der Waals surface area contributed by atoms with E-state index in [1.165, 1.54) is 0 Å². The van der Waals surface area contributed by atoms with Crippen LogP contribution >= 0.6 is 39.1 Å². The number of alkyl halides is 1. The van der Waals surface area contributed by atoms with Gasteiger partial charge in [0.05, 0.1) is 19.0 Å². The fourth-order valence-corrected chi connectivity index (χ4v) is 3.53. The van der Waals surface area contributed by atoms with Crippen LogP contribution in [0.3, 0.4) is 0 Å². The van der Waals surface area contributed by atoms with Crippen LogP contribution in [0.15, 0.2) is 30.3 Å². The molecular weight excluding hydrogens is 375 g/mol. The Kier molecular flexibility index (Phi) is 5.42. The maximum absolute atomic E-state index is 6.32. The van der Waals surface area contributed by atoms with Gasteiger partial charge in [-0.25, -0.2) is 0 Å². The smallest absolute Gasteiger partial charge is 0.145 e. The van der Waals surface area contributed by atoms with Crippen molar-refractivity contribution in [3.63, 3.8) is 0 Å². The highest BCUT2D eigenvalue weighted by molar-refractivity contribution is 9.09. The summed E-state index contributed by atoms with van der Waals surface area (Å²) in [5.74, 6) is 1.18. The van der Waals surface area contributed by atoms with Crippen LogP contribution in [0.2, 0.25) is 10.0 Å². The molecule has 1 atom stereocenters. The molecule has 2 nitrogen and oxygen atoms in total. The minimum atomic E-state index is -0.0745. The molecular formula is C16H15BrCl2O2. The van der Waals surface area contributed by atoms with Gasteiger partial charge in [-0.05, 0) is 36.2 Å². The third kappa shape index (κ3) is 3.31. The van der Waals surface area contributed by atoms with Crippen LogP contribution in [0.25, 0.3) is 0 Å². The highest BCUT2D eigenvalue weighted by Gasteiger charge is 2.21. The summed E-state index contributed by atoms with van der Waals surface area (Å²) < 4.78 is 10.7. The molecule has 0 amide bonds. The first-order valence-electron chi connectivity index (χ1n) is 6.30. The average Bonchev–Trinajstić information content (AvgIpc) is 2.48. The first-order chi connectivity index (χ1) is 9.99. The average molecular weight is 390 g/mol. The maximum Gasteiger partial charge on any atom is 0.145 e. The predicted molar refractivity (Wildman–Crippen MR) is 91.5 cm³/mol. The summed E-state index contributed by atoms with van der Waals surface area (Å²) >= 11 is 16.1. The van der Waals surface area contributed by atoms with Gasteiger partial charge in [0.25, 0.3) is 0 Å². The molecule has 0 saturated carbocycles. The molecule has 112 valence electrons. The number of rotatable bonds is 4. The van der Waals surface area contributed by atoms with Crippen molar-refractivity contribution in [2.24, 2.45) is 0 Å². The summed E-state index contributed by atoms with van der Waals surface area (Å²) in [6.45, 7) is 2.04. The van der Waals surface area contributed by atoms with E-state index >= 15 is 0 Å². The van der Waals surface area contributed by atoms with Crippen molar-refractivity contribution in [2.75, 3.05) is 14.2 Å². The summed E-state index contributed by atoms with van der Waals surface area (Å²) in [5, 5.41) is 1.15. The highest BCUT2D eigenvalue weighted by Crippen LogP contribution is 2.45. The van der Waals surface area contributed by atoms with Gasteiger partial charge in [0.1, 0.15) is 16.5 Å². The molecule has 0 saturated heterocycles. The largest absolute Gasteiger partial charge is 0.495 e.